The zero-order chi connectivity index (χ0) is 19.0. The predicted octanol–water partition coefficient (Wildman–Crippen LogP) is 3.79. The average molecular weight is 372 g/mol. The molecule has 9 heteroatoms. The highest BCUT2D eigenvalue weighted by atomic mass is 19.4. The number of halogens is 3. The molecule has 0 bridgehead atoms. The topological polar surface area (TPSA) is 72.3 Å². The van der Waals surface area contributed by atoms with E-state index in [1.807, 2.05) is 13.0 Å². The van der Waals surface area contributed by atoms with Crippen molar-refractivity contribution in [3.8, 4) is 11.4 Å². The van der Waals surface area contributed by atoms with Crippen LogP contribution in [0.3, 0.4) is 0 Å². The fraction of sp³-hybridized carbons (Fsp3) is 0.222. The number of H-pyrrole nitrogens is 1. The summed E-state index contributed by atoms with van der Waals surface area (Å²) in [7, 11) is 0. The Morgan fingerprint density at radius 1 is 1.00 bits per heavy atom. The van der Waals surface area contributed by atoms with Crippen LogP contribution in [0.15, 0.2) is 42.9 Å². The molecular weight excluding hydrogens is 357 g/mol. The van der Waals surface area contributed by atoms with Gasteiger partial charge >= 0.3 is 6.18 Å². The lowest BCUT2D eigenvalue weighted by Crippen LogP contribution is -2.07. The summed E-state index contributed by atoms with van der Waals surface area (Å²) in [6.07, 6.45) is -0.549. The van der Waals surface area contributed by atoms with Gasteiger partial charge in [-0.1, -0.05) is 12.1 Å². The van der Waals surface area contributed by atoms with E-state index in [0.717, 1.165) is 34.4 Å². The number of hydrogen-bond acceptors (Lipinski definition) is 4. The molecule has 3 heterocycles. The maximum absolute atomic E-state index is 12.6. The van der Waals surface area contributed by atoms with Crippen LogP contribution in [0, 0.1) is 6.92 Å². The lowest BCUT2D eigenvalue weighted by Gasteiger charge is -2.07. The van der Waals surface area contributed by atoms with Crippen LogP contribution in [-0.4, -0.2) is 29.9 Å². The minimum atomic E-state index is -4.32. The van der Waals surface area contributed by atoms with E-state index < -0.39 is 11.7 Å². The van der Waals surface area contributed by atoms with Gasteiger partial charge in [-0.05, 0) is 37.1 Å². The van der Waals surface area contributed by atoms with Gasteiger partial charge < -0.3 is 4.98 Å². The number of rotatable bonds is 4. The maximum atomic E-state index is 12.6. The molecule has 0 saturated heterocycles. The number of aryl methyl sites for hydroxylation is 3. The van der Waals surface area contributed by atoms with Crippen LogP contribution in [-0.2, 0) is 19.1 Å². The highest BCUT2D eigenvalue weighted by Crippen LogP contribution is 2.29. The molecule has 1 N–H and O–H groups in total. The number of fused-ring (bicyclic) bond motifs is 1. The molecule has 6 nitrogen and oxygen atoms in total. The van der Waals surface area contributed by atoms with E-state index in [9.17, 15) is 13.2 Å². The van der Waals surface area contributed by atoms with Crippen molar-refractivity contribution in [2.75, 3.05) is 0 Å². The van der Waals surface area contributed by atoms with Crippen LogP contribution in [0.25, 0.3) is 22.4 Å². The third-order valence-electron chi connectivity index (χ3n) is 4.28. The average Bonchev–Trinajstić information content (AvgIpc) is 3.25. The molecule has 0 aliphatic carbocycles. The first-order valence-electron chi connectivity index (χ1n) is 8.28. The quantitative estimate of drug-likeness (QED) is 0.592. The van der Waals surface area contributed by atoms with Crippen molar-refractivity contribution in [1.29, 1.82) is 0 Å². The second-order valence-electron chi connectivity index (χ2n) is 6.14. The van der Waals surface area contributed by atoms with E-state index >= 15 is 0 Å². The summed E-state index contributed by atoms with van der Waals surface area (Å²) in [5, 5.41) is 9.76. The fourth-order valence-corrected chi connectivity index (χ4v) is 2.90. The van der Waals surface area contributed by atoms with Crippen LogP contribution in [0.2, 0.25) is 0 Å². The van der Waals surface area contributed by atoms with Gasteiger partial charge in [-0.3, -0.25) is 0 Å². The molecule has 0 fully saturated rings. The standard InChI is InChI=1S/C18H15F3N6/c1-11-15(16-14-6-8-22-17(14)24-10-23-16)26-27(25-11)9-7-12-2-4-13(5-3-12)18(19,20)21/h2-6,8,10H,7,9H2,1H3,(H,22,23,24). The third-order valence-corrected chi connectivity index (χ3v) is 4.28. The molecule has 0 aliphatic heterocycles. The number of aromatic amines is 1. The fourth-order valence-electron chi connectivity index (χ4n) is 2.90. The van der Waals surface area contributed by atoms with E-state index in [2.05, 4.69) is 25.1 Å². The summed E-state index contributed by atoms with van der Waals surface area (Å²) in [4.78, 5) is 13.1. The van der Waals surface area contributed by atoms with Gasteiger partial charge in [0, 0.05) is 11.6 Å². The van der Waals surface area contributed by atoms with Gasteiger partial charge in [0.2, 0.25) is 0 Å². The molecule has 0 unspecified atom stereocenters. The van der Waals surface area contributed by atoms with Gasteiger partial charge in [0.1, 0.15) is 23.4 Å². The number of nitrogens with zero attached hydrogens (tertiary/aromatic N) is 5. The van der Waals surface area contributed by atoms with Gasteiger partial charge in [-0.25, -0.2) is 9.97 Å². The second-order valence-corrected chi connectivity index (χ2v) is 6.14. The summed E-state index contributed by atoms with van der Waals surface area (Å²) >= 11 is 0. The van der Waals surface area contributed by atoms with E-state index in [-0.39, 0.29) is 0 Å². The summed E-state index contributed by atoms with van der Waals surface area (Å²) in [5.74, 6) is 0. The first-order valence-corrected chi connectivity index (χ1v) is 8.28. The minimum Gasteiger partial charge on any atom is -0.346 e. The largest absolute Gasteiger partial charge is 0.416 e. The monoisotopic (exact) mass is 372 g/mol. The second kappa shape index (κ2) is 6.49. The molecule has 0 amide bonds. The summed E-state index contributed by atoms with van der Waals surface area (Å²) in [5.41, 5.74) is 2.94. The zero-order valence-electron chi connectivity index (χ0n) is 14.3. The summed E-state index contributed by atoms with van der Waals surface area (Å²) < 4.78 is 37.9. The molecule has 4 rings (SSSR count). The number of benzene rings is 1. The van der Waals surface area contributed by atoms with Crippen molar-refractivity contribution in [3.63, 3.8) is 0 Å². The maximum Gasteiger partial charge on any atom is 0.416 e. The summed E-state index contributed by atoms with van der Waals surface area (Å²) in [6.45, 7) is 2.30. The number of alkyl halides is 3. The van der Waals surface area contributed by atoms with Gasteiger partial charge in [0.05, 0.1) is 17.8 Å². The van der Waals surface area contributed by atoms with Gasteiger partial charge in [-0.15, -0.1) is 0 Å². The SMILES string of the molecule is Cc1nn(CCc2ccc(C(F)(F)F)cc2)nc1-c1ncnc2[nH]ccc12. The van der Waals surface area contributed by atoms with Crippen molar-refractivity contribution >= 4 is 11.0 Å². The number of hydrogen-bond donors (Lipinski definition) is 1. The van der Waals surface area contributed by atoms with Gasteiger partial charge in [0.15, 0.2) is 0 Å². The zero-order valence-corrected chi connectivity index (χ0v) is 14.3. The van der Waals surface area contributed by atoms with Crippen LogP contribution >= 0.6 is 0 Å². The van der Waals surface area contributed by atoms with Crippen LogP contribution in [0.1, 0.15) is 16.8 Å². The minimum absolute atomic E-state index is 0.452. The molecule has 0 spiro atoms. The molecule has 27 heavy (non-hydrogen) atoms. The van der Waals surface area contributed by atoms with Crippen LogP contribution < -0.4 is 0 Å². The van der Waals surface area contributed by atoms with E-state index in [4.69, 9.17) is 0 Å². The van der Waals surface area contributed by atoms with E-state index in [1.54, 1.807) is 11.0 Å². The Balaban J connectivity index is 1.53. The highest BCUT2D eigenvalue weighted by Gasteiger charge is 2.29. The van der Waals surface area contributed by atoms with Crippen molar-refractivity contribution in [2.24, 2.45) is 0 Å². The first-order chi connectivity index (χ1) is 12.9. The van der Waals surface area contributed by atoms with E-state index in [1.165, 1.54) is 18.5 Å². The van der Waals surface area contributed by atoms with Crippen LogP contribution in [0.5, 0.6) is 0 Å². The molecule has 0 atom stereocenters. The Hall–Kier alpha value is -3.23. The lowest BCUT2D eigenvalue weighted by atomic mass is 10.1. The molecule has 0 aliphatic rings. The van der Waals surface area contributed by atoms with Gasteiger partial charge in [-0.2, -0.15) is 28.2 Å². The molecule has 0 radical (unpaired) electrons. The molecular formula is C18H15F3N6. The Labute approximate surface area is 152 Å². The Morgan fingerprint density at radius 3 is 2.52 bits per heavy atom. The number of nitrogens with one attached hydrogen (secondary N) is 1. The smallest absolute Gasteiger partial charge is 0.346 e. The van der Waals surface area contributed by atoms with Crippen molar-refractivity contribution in [2.45, 2.75) is 26.1 Å². The lowest BCUT2D eigenvalue weighted by molar-refractivity contribution is -0.137. The third kappa shape index (κ3) is 3.40. The van der Waals surface area contributed by atoms with Crippen molar-refractivity contribution in [3.05, 3.63) is 59.7 Å². The number of aromatic nitrogens is 6. The highest BCUT2D eigenvalue weighted by molar-refractivity contribution is 5.89. The molecule has 0 saturated carbocycles. The normalized spacial score (nSPS) is 12.0. The molecule has 4 aromatic rings. The Kier molecular flexibility index (Phi) is 4.14. The van der Waals surface area contributed by atoms with Crippen molar-refractivity contribution < 1.29 is 13.2 Å². The summed E-state index contributed by atoms with van der Waals surface area (Å²) in [6, 6.07) is 7.02. The van der Waals surface area contributed by atoms with E-state index in [0.29, 0.717) is 24.4 Å². The molecule has 1 aromatic carbocycles. The van der Waals surface area contributed by atoms with Crippen LogP contribution in [0.4, 0.5) is 13.2 Å². The molecule has 3 aromatic heterocycles. The Bertz CT molecular complexity index is 1080. The molecule has 138 valence electrons. The van der Waals surface area contributed by atoms with Gasteiger partial charge in [0.25, 0.3) is 0 Å². The van der Waals surface area contributed by atoms with Crippen molar-refractivity contribution in [1.82, 2.24) is 29.9 Å². The predicted molar refractivity (Wildman–Crippen MR) is 92.8 cm³/mol. The first kappa shape index (κ1) is 17.2. The Morgan fingerprint density at radius 2 is 1.78 bits per heavy atom.